The van der Waals surface area contributed by atoms with Gasteiger partial charge < -0.3 is 0 Å². The molecular formula is C16H11ClFN3O. The van der Waals surface area contributed by atoms with E-state index in [1.54, 1.807) is 24.3 Å². The number of carbonyl (C=O) groups is 1. The second-order valence-corrected chi connectivity index (χ2v) is 5.23. The minimum absolute atomic E-state index is 0.143. The lowest BCUT2D eigenvalue weighted by Crippen LogP contribution is -2.02. The molecule has 0 saturated carbocycles. The van der Waals surface area contributed by atoms with Crippen LogP contribution in [0.15, 0.2) is 42.5 Å². The third kappa shape index (κ3) is 2.51. The van der Waals surface area contributed by atoms with E-state index in [-0.39, 0.29) is 5.69 Å². The predicted molar refractivity (Wildman–Crippen MR) is 81.9 cm³/mol. The van der Waals surface area contributed by atoms with E-state index in [2.05, 4.69) is 10.3 Å². The number of rotatable bonds is 3. The van der Waals surface area contributed by atoms with E-state index in [4.69, 9.17) is 11.6 Å². The first-order chi connectivity index (χ1) is 10.6. The number of halogens is 2. The van der Waals surface area contributed by atoms with Crippen molar-refractivity contribution in [2.24, 2.45) is 0 Å². The van der Waals surface area contributed by atoms with Crippen LogP contribution in [0.25, 0.3) is 16.9 Å². The molecule has 0 aliphatic carbocycles. The van der Waals surface area contributed by atoms with Crippen LogP contribution in [0.3, 0.4) is 0 Å². The number of benzene rings is 2. The third-order valence-corrected chi connectivity index (χ3v) is 3.54. The van der Waals surface area contributed by atoms with Gasteiger partial charge >= 0.3 is 0 Å². The fraction of sp³-hybridized carbons (Fsp3) is 0.0625. The Morgan fingerprint density at radius 1 is 1.23 bits per heavy atom. The largest absolute Gasteiger partial charge is 0.296 e. The van der Waals surface area contributed by atoms with Gasteiger partial charge in [0.05, 0.1) is 5.69 Å². The van der Waals surface area contributed by atoms with E-state index < -0.39 is 5.82 Å². The highest BCUT2D eigenvalue weighted by Gasteiger charge is 2.17. The summed E-state index contributed by atoms with van der Waals surface area (Å²) in [4.78, 5) is 11.2. The molecule has 0 radical (unpaired) electrons. The molecule has 0 aliphatic heterocycles. The molecule has 6 heteroatoms. The van der Waals surface area contributed by atoms with Crippen LogP contribution >= 0.6 is 11.6 Å². The average molecular weight is 316 g/mol. The Labute approximate surface area is 131 Å². The summed E-state index contributed by atoms with van der Waals surface area (Å²) >= 11 is 6.04. The normalized spacial score (nSPS) is 10.7. The highest BCUT2D eigenvalue weighted by molar-refractivity contribution is 6.30. The molecule has 0 amide bonds. The van der Waals surface area contributed by atoms with Gasteiger partial charge in [-0.1, -0.05) is 35.0 Å². The average Bonchev–Trinajstić information content (AvgIpc) is 2.93. The zero-order chi connectivity index (χ0) is 15.7. The molecular weight excluding hydrogens is 305 g/mol. The van der Waals surface area contributed by atoms with Crippen molar-refractivity contribution >= 4 is 17.9 Å². The quantitative estimate of drug-likeness (QED) is 0.690. The van der Waals surface area contributed by atoms with Gasteiger partial charge in [0.25, 0.3) is 0 Å². The van der Waals surface area contributed by atoms with E-state index in [1.165, 1.54) is 16.8 Å². The maximum Gasteiger partial charge on any atom is 0.172 e. The molecule has 4 nitrogen and oxygen atoms in total. The van der Waals surface area contributed by atoms with E-state index in [9.17, 15) is 9.18 Å². The van der Waals surface area contributed by atoms with Gasteiger partial charge in [0.15, 0.2) is 12.0 Å². The maximum absolute atomic E-state index is 13.5. The van der Waals surface area contributed by atoms with E-state index in [0.29, 0.717) is 28.3 Å². The summed E-state index contributed by atoms with van der Waals surface area (Å²) in [5, 5.41) is 8.42. The molecule has 2 aromatic carbocycles. The molecule has 0 fully saturated rings. The third-order valence-electron chi connectivity index (χ3n) is 3.31. The summed E-state index contributed by atoms with van der Waals surface area (Å²) in [7, 11) is 0. The fourth-order valence-electron chi connectivity index (χ4n) is 2.26. The Bertz CT molecular complexity index is 860. The number of aldehydes is 1. The molecule has 1 heterocycles. The Morgan fingerprint density at radius 2 is 2.05 bits per heavy atom. The second kappa shape index (κ2) is 5.69. The molecule has 0 aliphatic rings. The van der Waals surface area contributed by atoms with Gasteiger partial charge in [-0.25, -0.2) is 9.07 Å². The van der Waals surface area contributed by atoms with Crippen molar-refractivity contribution < 1.29 is 9.18 Å². The number of hydrogen-bond acceptors (Lipinski definition) is 3. The maximum atomic E-state index is 13.5. The molecule has 3 aromatic rings. The van der Waals surface area contributed by atoms with Gasteiger partial charge in [-0.2, -0.15) is 0 Å². The van der Waals surface area contributed by atoms with Gasteiger partial charge in [-0.3, -0.25) is 4.79 Å². The first-order valence-electron chi connectivity index (χ1n) is 6.53. The van der Waals surface area contributed by atoms with Crippen molar-refractivity contribution in [1.29, 1.82) is 0 Å². The number of aromatic nitrogens is 3. The van der Waals surface area contributed by atoms with Gasteiger partial charge in [-0.05, 0) is 36.8 Å². The van der Waals surface area contributed by atoms with Crippen molar-refractivity contribution in [3.8, 4) is 16.9 Å². The SMILES string of the molecule is Cc1ccc(Cl)cc1-n1nnc(C=O)c1-c1cccc(F)c1. The molecule has 22 heavy (non-hydrogen) atoms. The zero-order valence-corrected chi connectivity index (χ0v) is 12.4. The number of carbonyl (C=O) groups excluding carboxylic acids is 1. The summed E-state index contributed by atoms with van der Waals surface area (Å²) in [6.07, 6.45) is 0.601. The van der Waals surface area contributed by atoms with Crippen LogP contribution in [0.4, 0.5) is 4.39 Å². The highest BCUT2D eigenvalue weighted by Crippen LogP contribution is 2.27. The summed E-state index contributed by atoms with van der Waals surface area (Å²) < 4.78 is 15.0. The lowest BCUT2D eigenvalue weighted by Gasteiger charge is -2.10. The molecule has 0 atom stereocenters. The molecule has 0 bridgehead atoms. The fourth-order valence-corrected chi connectivity index (χ4v) is 2.42. The van der Waals surface area contributed by atoms with Crippen LogP contribution < -0.4 is 0 Å². The summed E-state index contributed by atoms with van der Waals surface area (Å²) in [5.74, 6) is -0.398. The van der Waals surface area contributed by atoms with Crippen molar-refractivity contribution in [2.45, 2.75) is 6.92 Å². The van der Waals surface area contributed by atoms with E-state index in [0.717, 1.165) is 5.56 Å². The number of nitrogens with zero attached hydrogens (tertiary/aromatic N) is 3. The lowest BCUT2D eigenvalue weighted by molar-refractivity contribution is 0.111. The van der Waals surface area contributed by atoms with Gasteiger partial charge in [-0.15, -0.1) is 5.10 Å². The van der Waals surface area contributed by atoms with Gasteiger partial charge in [0, 0.05) is 10.6 Å². The van der Waals surface area contributed by atoms with Crippen LogP contribution in [0, 0.1) is 12.7 Å². The minimum atomic E-state index is -0.398. The standard InChI is InChI=1S/C16H11ClFN3O/c1-10-5-6-12(17)8-15(10)21-16(14(9-22)19-20-21)11-3-2-4-13(18)7-11/h2-9H,1H3. The molecule has 0 N–H and O–H groups in total. The lowest BCUT2D eigenvalue weighted by atomic mass is 10.1. The Hall–Kier alpha value is -2.53. The molecule has 0 spiro atoms. The first kappa shape index (κ1) is 14.4. The zero-order valence-electron chi connectivity index (χ0n) is 11.6. The molecule has 0 unspecified atom stereocenters. The van der Waals surface area contributed by atoms with E-state index in [1.807, 2.05) is 13.0 Å². The molecule has 3 rings (SSSR count). The van der Waals surface area contributed by atoms with Crippen molar-refractivity contribution in [3.05, 3.63) is 64.6 Å². The molecule has 110 valence electrons. The summed E-state index contributed by atoms with van der Waals surface area (Å²) in [6, 6.07) is 11.3. The number of aryl methyl sites for hydroxylation is 1. The van der Waals surface area contributed by atoms with Crippen LogP contribution in [0.1, 0.15) is 16.1 Å². The van der Waals surface area contributed by atoms with E-state index >= 15 is 0 Å². The minimum Gasteiger partial charge on any atom is -0.296 e. The Kier molecular flexibility index (Phi) is 3.73. The Balaban J connectivity index is 2.28. The second-order valence-electron chi connectivity index (χ2n) is 4.79. The van der Waals surface area contributed by atoms with Gasteiger partial charge in [0.2, 0.25) is 0 Å². The van der Waals surface area contributed by atoms with Crippen molar-refractivity contribution in [2.75, 3.05) is 0 Å². The highest BCUT2D eigenvalue weighted by atomic mass is 35.5. The number of hydrogen-bond donors (Lipinski definition) is 0. The van der Waals surface area contributed by atoms with Crippen molar-refractivity contribution in [3.63, 3.8) is 0 Å². The van der Waals surface area contributed by atoms with Crippen LogP contribution in [-0.2, 0) is 0 Å². The Morgan fingerprint density at radius 3 is 2.77 bits per heavy atom. The molecule has 1 aromatic heterocycles. The smallest absolute Gasteiger partial charge is 0.172 e. The van der Waals surface area contributed by atoms with Crippen LogP contribution in [0.2, 0.25) is 5.02 Å². The van der Waals surface area contributed by atoms with Crippen LogP contribution in [-0.4, -0.2) is 21.3 Å². The van der Waals surface area contributed by atoms with Crippen molar-refractivity contribution in [1.82, 2.24) is 15.0 Å². The topological polar surface area (TPSA) is 47.8 Å². The first-order valence-corrected chi connectivity index (χ1v) is 6.91. The monoisotopic (exact) mass is 315 g/mol. The summed E-state index contributed by atoms with van der Waals surface area (Å²) in [5.41, 5.74) is 2.69. The van der Waals surface area contributed by atoms with Crippen LogP contribution in [0.5, 0.6) is 0 Å². The summed E-state index contributed by atoms with van der Waals surface area (Å²) in [6.45, 7) is 1.89. The van der Waals surface area contributed by atoms with Gasteiger partial charge in [0.1, 0.15) is 11.5 Å². The predicted octanol–water partition coefficient (Wildman–Crippen LogP) is 3.85. The molecule has 0 saturated heterocycles.